The van der Waals surface area contributed by atoms with Gasteiger partial charge in [-0.15, -0.1) is 0 Å². The van der Waals surface area contributed by atoms with Crippen LogP contribution in [0, 0.1) is 0 Å². The molecular formula is C11H15N3O7. The number of amides is 1. The fourth-order valence-corrected chi connectivity index (χ4v) is 1.46. The van der Waals surface area contributed by atoms with Crippen LogP contribution in [0.2, 0.25) is 0 Å². The number of carbonyl (C=O) groups excluding carboxylic acids is 1. The van der Waals surface area contributed by atoms with Crippen LogP contribution in [0.15, 0.2) is 21.6 Å². The number of hydrogen-bond donors (Lipinski definition) is 4. The summed E-state index contributed by atoms with van der Waals surface area (Å²) in [5.74, 6) is -3.22. The van der Waals surface area contributed by atoms with Gasteiger partial charge in [-0.1, -0.05) is 0 Å². The molecule has 0 aliphatic carbocycles. The third-order valence-electron chi connectivity index (χ3n) is 2.58. The fraction of sp³-hybridized carbons (Fsp3) is 0.455. The summed E-state index contributed by atoms with van der Waals surface area (Å²) in [4.78, 5) is 43.9. The molecule has 0 spiro atoms. The lowest BCUT2D eigenvalue weighted by Gasteiger charge is -2.14. The van der Waals surface area contributed by atoms with Crippen LogP contribution in [0.25, 0.3) is 0 Å². The number of aliphatic carboxylic acids is 2. The van der Waals surface area contributed by atoms with Gasteiger partial charge in [0.2, 0.25) is 5.91 Å². The van der Waals surface area contributed by atoms with Crippen molar-refractivity contribution in [2.75, 3.05) is 0 Å². The molecule has 10 nitrogen and oxygen atoms in total. The van der Waals surface area contributed by atoms with Crippen molar-refractivity contribution in [1.29, 1.82) is 0 Å². The number of carboxylic acid groups (broad SMARTS) is 2. The highest BCUT2D eigenvalue weighted by atomic mass is 16.5. The molecule has 1 amide bonds. The van der Waals surface area contributed by atoms with Crippen LogP contribution in [0.1, 0.15) is 12.8 Å². The Morgan fingerprint density at radius 2 is 2.00 bits per heavy atom. The maximum absolute atomic E-state index is 11.6. The zero-order valence-electron chi connectivity index (χ0n) is 10.9. The number of carboxylic acids is 2. The van der Waals surface area contributed by atoms with E-state index in [1.54, 1.807) is 0 Å². The summed E-state index contributed by atoms with van der Waals surface area (Å²) < 4.78 is 5.60. The van der Waals surface area contributed by atoms with Gasteiger partial charge in [-0.05, 0) is 6.42 Å². The van der Waals surface area contributed by atoms with Gasteiger partial charge in [-0.2, -0.15) is 0 Å². The van der Waals surface area contributed by atoms with Gasteiger partial charge < -0.3 is 25.8 Å². The Hall–Kier alpha value is -2.62. The van der Waals surface area contributed by atoms with E-state index in [-0.39, 0.29) is 19.4 Å². The lowest BCUT2D eigenvalue weighted by molar-refractivity contribution is -0.143. The van der Waals surface area contributed by atoms with Gasteiger partial charge in [-0.3, -0.25) is 9.59 Å². The molecule has 0 saturated heterocycles. The predicted octanol–water partition coefficient (Wildman–Crippen LogP) is -1.80. The highest BCUT2D eigenvalue weighted by Crippen LogP contribution is 1.98. The molecule has 116 valence electrons. The summed E-state index contributed by atoms with van der Waals surface area (Å²) in [6, 6.07) is -1.40. The smallest absolute Gasteiger partial charge is 0.357 e. The molecule has 1 heterocycles. The molecule has 0 radical (unpaired) electrons. The van der Waals surface area contributed by atoms with Crippen molar-refractivity contribution in [1.82, 2.24) is 10.1 Å². The van der Waals surface area contributed by atoms with Gasteiger partial charge in [0.1, 0.15) is 12.1 Å². The Balaban J connectivity index is 2.54. The molecule has 1 aromatic rings. The largest absolute Gasteiger partial charge is 0.480 e. The van der Waals surface area contributed by atoms with E-state index in [0.717, 1.165) is 10.8 Å². The first-order chi connectivity index (χ1) is 9.79. The van der Waals surface area contributed by atoms with E-state index in [4.69, 9.17) is 15.9 Å². The predicted molar refractivity (Wildman–Crippen MR) is 67.4 cm³/mol. The first-order valence-corrected chi connectivity index (χ1v) is 5.97. The number of nitrogens with two attached hydrogens (primary N) is 1. The first-order valence-electron chi connectivity index (χ1n) is 5.97. The van der Waals surface area contributed by atoms with E-state index in [2.05, 4.69) is 9.84 Å². The molecule has 0 bridgehead atoms. The minimum Gasteiger partial charge on any atom is -0.480 e. The Kier molecular flexibility index (Phi) is 5.67. The zero-order chi connectivity index (χ0) is 16.0. The summed E-state index contributed by atoms with van der Waals surface area (Å²) in [7, 11) is 0. The van der Waals surface area contributed by atoms with Crippen molar-refractivity contribution in [2.45, 2.75) is 31.5 Å². The standard InChI is InChI=1S/C11H15N3O7/c12-6(10(17)18)1-2-8(15)13-7(11(19)20)5-14-4-3-9(16)21-14/h3-4,6-7H,1-2,5,12H2,(H,13,15)(H,17,18)(H,19,20)/t6-,7-/m0/s1. The normalized spacial score (nSPS) is 13.4. The van der Waals surface area contributed by atoms with Crippen molar-refractivity contribution >= 4 is 17.8 Å². The van der Waals surface area contributed by atoms with Crippen LogP contribution in [0.3, 0.4) is 0 Å². The molecule has 2 atom stereocenters. The van der Waals surface area contributed by atoms with E-state index < -0.39 is 35.6 Å². The minimum atomic E-state index is -1.32. The van der Waals surface area contributed by atoms with Crippen molar-refractivity contribution in [3.63, 3.8) is 0 Å². The number of nitrogens with one attached hydrogen (secondary N) is 1. The van der Waals surface area contributed by atoms with E-state index in [1.807, 2.05) is 0 Å². The number of aromatic nitrogens is 1. The average Bonchev–Trinajstić information content (AvgIpc) is 2.80. The first kappa shape index (κ1) is 16.4. The van der Waals surface area contributed by atoms with E-state index in [1.165, 1.54) is 6.20 Å². The molecular weight excluding hydrogens is 286 g/mol. The minimum absolute atomic E-state index is 0.119. The van der Waals surface area contributed by atoms with E-state index in [0.29, 0.717) is 0 Å². The van der Waals surface area contributed by atoms with Gasteiger partial charge >= 0.3 is 17.6 Å². The lowest BCUT2D eigenvalue weighted by atomic mass is 10.1. The molecule has 0 aliphatic rings. The highest BCUT2D eigenvalue weighted by Gasteiger charge is 2.22. The third-order valence-corrected chi connectivity index (χ3v) is 2.58. The number of hydrogen-bond acceptors (Lipinski definition) is 6. The van der Waals surface area contributed by atoms with Gasteiger partial charge in [0.15, 0.2) is 0 Å². The van der Waals surface area contributed by atoms with Gasteiger partial charge in [-0.25, -0.2) is 14.3 Å². The molecule has 5 N–H and O–H groups in total. The second kappa shape index (κ2) is 7.24. The van der Waals surface area contributed by atoms with Crippen molar-refractivity contribution < 1.29 is 29.1 Å². The average molecular weight is 301 g/mol. The summed E-state index contributed by atoms with van der Waals surface area (Å²) in [5, 5.41) is 19.8. The Morgan fingerprint density at radius 3 is 2.48 bits per heavy atom. The lowest BCUT2D eigenvalue weighted by Crippen LogP contribution is -2.44. The summed E-state index contributed by atoms with van der Waals surface area (Å²) in [5.41, 5.74) is 4.59. The van der Waals surface area contributed by atoms with Gasteiger partial charge in [0.25, 0.3) is 0 Å². The Labute approximate surface area is 118 Å². The molecule has 0 fully saturated rings. The molecule has 0 aliphatic heterocycles. The molecule has 21 heavy (non-hydrogen) atoms. The van der Waals surface area contributed by atoms with E-state index in [9.17, 15) is 19.2 Å². The summed E-state index contributed by atoms with van der Waals surface area (Å²) >= 11 is 0. The van der Waals surface area contributed by atoms with Crippen LogP contribution in [0.5, 0.6) is 0 Å². The number of nitrogens with zero attached hydrogens (tertiary/aromatic N) is 1. The number of rotatable bonds is 8. The van der Waals surface area contributed by atoms with Crippen molar-refractivity contribution in [3.8, 4) is 0 Å². The second-order valence-corrected chi connectivity index (χ2v) is 4.27. The van der Waals surface area contributed by atoms with Crippen molar-refractivity contribution in [2.24, 2.45) is 5.73 Å². The topological polar surface area (TPSA) is 165 Å². The monoisotopic (exact) mass is 301 g/mol. The zero-order valence-corrected chi connectivity index (χ0v) is 10.9. The van der Waals surface area contributed by atoms with Crippen LogP contribution < -0.4 is 16.7 Å². The van der Waals surface area contributed by atoms with E-state index >= 15 is 0 Å². The molecule has 0 unspecified atom stereocenters. The van der Waals surface area contributed by atoms with Crippen LogP contribution in [-0.4, -0.2) is 44.9 Å². The van der Waals surface area contributed by atoms with Gasteiger partial charge in [0, 0.05) is 18.7 Å². The quantitative estimate of drug-likeness (QED) is 0.436. The molecule has 1 aromatic heterocycles. The second-order valence-electron chi connectivity index (χ2n) is 4.27. The summed E-state index contributed by atoms with van der Waals surface area (Å²) in [6.07, 6.45) is 0.893. The number of carbonyl (C=O) groups is 3. The van der Waals surface area contributed by atoms with Crippen LogP contribution in [-0.2, 0) is 20.9 Å². The third kappa shape index (κ3) is 5.48. The van der Waals surface area contributed by atoms with Gasteiger partial charge in [0.05, 0.1) is 6.54 Å². The maximum atomic E-state index is 11.6. The van der Waals surface area contributed by atoms with Crippen molar-refractivity contribution in [3.05, 3.63) is 22.7 Å². The van der Waals surface area contributed by atoms with Crippen LogP contribution >= 0.6 is 0 Å². The molecule has 1 rings (SSSR count). The molecule has 0 saturated carbocycles. The summed E-state index contributed by atoms with van der Waals surface area (Å²) in [6.45, 7) is -0.270. The SMILES string of the molecule is N[C@@H](CCC(=O)N[C@@H](Cn1ccc(=O)o1)C(=O)O)C(=O)O. The highest BCUT2D eigenvalue weighted by molar-refractivity contribution is 5.84. The van der Waals surface area contributed by atoms with Crippen LogP contribution in [0.4, 0.5) is 0 Å². The Morgan fingerprint density at radius 1 is 1.33 bits per heavy atom. The molecule has 10 heteroatoms. The Bertz CT molecular complexity index is 576. The maximum Gasteiger partial charge on any atom is 0.357 e. The fourth-order valence-electron chi connectivity index (χ4n) is 1.46. The molecule has 0 aromatic carbocycles.